The van der Waals surface area contributed by atoms with Gasteiger partial charge in [-0.25, -0.2) is 0 Å². The van der Waals surface area contributed by atoms with Crippen molar-refractivity contribution in [1.29, 1.82) is 0 Å². The number of rotatable bonds is 7. The van der Waals surface area contributed by atoms with Crippen LogP contribution in [0.5, 0.6) is 5.75 Å². The maximum Gasteiger partial charge on any atom is 0.260 e. The maximum absolute atomic E-state index is 12.2. The van der Waals surface area contributed by atoms with Crippen molar-refractivity contribution < 1.29 is 9.53 Å². The predicted molar refractivity (Wildman–Crippen MR) is 108 cm³/mol. The molecule has 1 atom stereocenters. The molecule has 4 nitrogen and oxygen atoms in total. The first-order valence-corrected chi connectivity index (χ1v) is 9.08. The van der Waals surface area contributed by atoms with Crippen LogP contribution in [0, 0.1) is 0 Å². The Bertz CT molecular complexity index is 690. The van der Waals surface area contributed by atoms with Crippen molar-refractivity contribution >= 4 is 11.6 Å². The van der Waals surface area contributed by atoms with Gasteiger partial charge in [-0.1, -0.05) is 51.1 Å². The third-order valence-corrected chi connectivity index (χ3v) is 4.35. The quantitative estimate of drug-likeness (QED) is 0.817. The van der Waals surface area contributed by atoms with E-state index >= 15 is 0 Å². The van der Waals surface area contributed by atoms with Crippen LogP contribution < -0.4 is 15.0 Å². The van der Waals surface area contributed by atoms with E-state index in [0.29, 0.717) is 12.3 Å². The van der Waals surface area contributed by atoms with Crippen LogP contribution in [0.3, 0.4) is 0 Å². The molecule has 0 bridgehead atoms. The van der Waals surface area contributed by atoms with Gasteiger partial charge in [0.05, 0.1) is 0 Å². The molecule has 2 rings (SSSR count). The van der Waals surface area contributed by atoms with Crippen LogP contribution in [0.25, 0.3) is 0 Å². The zero-order valence-corrected chi connectivity index (χ0v) is 16.5. The normalized spacial score (nSPS) is 12.3. The highest BCUT2D eigenvalue weighted by atomic mass is 16.5. The lowest BCUT2D eigenvalue weighted by Gasteiger charge is -2.21. The summed E-state index contributed by atoms with van der Waals surface area (Å²) in [4.78, 5) is 14.3. The van der Waals surface area contributed by atoms with E-state index in [9.17, 15) is 4.79 Å². The second-order valence-electron chi connectivity index (χ2n) is 7.58. The molecule has 0 saturated carbocycles. The largest absolute Gasteiger partial charge is 0.481 e. The fourth-order valence-corrected chi connectivity index (χ4v) is 2.59. The summed E-state index contributed by atoms with van der Waals surface area (Å²) in [6, 6.07) is 18.1. The summed E-state index contributed by atoms with van der Waals surface area (Å²) < 4.78 is 5.76. The molecule has 0 aromatic heterocycles. The number of benzene rings is 2. The molecule has 1 amide bonds. The number of nitrogens with zero attached hydrogens (tertiary/aromatic N) is 1. The molecule has 2 aromatic rings. The highest BCUT2D eigenvalue weighted by Gasteiger charge is 2.16. The van der Waals surface area contributed by atoms with Crippen LogP contribution in [0.4, 0.5) is 5.69 Å². The smallest absolute Gasteiger partial charge is 0.260 e. The summed E-state index contributed by atoms with van der Waals surface area (Å²) in [7, 11) is 2.01. The van der Waals surface area contributed by atoms with Crippen LogP contribution in [-0.4, -0.2) is 32.1 Å². The van der Waals surface area contributed by atoms with E-state index in [1.54, 1.807) is 6.92 Å². The number of carbonyl (C=O) groups excluding carboxylic acids is 1. The summed E-state index contributed by atoms with van der Waals surface area (Å²) in [5.41, 5.74) is 2.47. The van der Waals surface area contributed by atoms with Gasteiger partial charge in [0.25, 0.3) is 5.91 Å². The van der Waals surface area contributed by atoms with Gasteiger partial charge < -0.3 is 15.0 Å². The first-order valence-electron chi connectivity index (χ1n) is 9.08. The van der Waals surface area contributed by atoms with Crippen LogP contribution in [0.1, 0.15) is 33.3 Å². The molecular formula is C22H30N2O2. The number of hydrogen-bond acceptors (Lipinski definition) is 3. The standard InChI is InChI=1S/C22H30N2O2/c1-17(26-20-13-11-18(12-14-20)22(2,3)4)21(25)23-15-16-24(5)19-9-7-6-8-10-19/h6-14,17H,15-16H2,1-5H3,(H,23,25)/t17-/m1/s1. The minimum atomic E-state index is -0.530. The zero-order valence-electron chi connectivity index (χ0n) is 16.5. The van der Waals surface area contributed by atoms with E-state index in [4.69, 9.17) is 4.74 Å². The lowest BCUT2D eigenvalue weighted by molar-refractivity contribution is -0.127. The fraction of sp³-hybridized carbons (Fsp3) is 0.409. The minimum absolute atomic E-state index is 0.103. The van der Waals surface area contributed by atoms with E-state index in [-0.39, 0.29) is 11.3 Å². The van der Waals surface area contributed by atoms with Crippen molar-refractivity contribution in [2.45, 2.75) is 39.2 Å². The SMILES string of the molecule is C[C@@H](Oc1ccc(C(C)(C)C)cc1)C(=O)NCCN(C)c1ccccc1. The Hall–Kier alpha value is -2.49. The Morgan fingerprint density at radius 2 is 1.69 bits per heavy atom. The van der Waals surface area contributed by atoms with Gasteiger partial charge in [0.2, 0.25) is 0 Å². The second kappa shape index (κ2) is 8.75. The first kappa shape index (κ1) is 19.8. The molecule has 140 valence electrons. The average Bonchev–Trinajstić information content (AvgIpc) is 2.62. The average molecular weight is 354 g/mol. The summed E-state index contributed by atoms with van der Waals surface area (Å²) in [6.45, 7) is 9.60. The lowest BCUT2D eigenvalue weighted by Crippen LogP contribution is -2.40. The Morgan fingerprint density at radius 3 is 2.27 bits per heavy atom. The molecule has 0 unspecified atom stereocenters. The van der Waals surface area contributed by atoms with Crippen molar-refractivity contribution in [3.8, 4) is 5.75 Å². The number of anilines is 1. The van der Waals surface area contributed by atoms with Gasteiger partial charge in [0.15, 0.2) is 6.10 Å². The van der Waals surface area contributed by atoms with Gasteiger partial charge in [0, 0.05) is 25.8 Å². The number of amides is 1. The summed E-state index contributed by atoms with van der Waals surface area (Å²) in [5.74, 6) is 0.605. The van der Waals surface area contributed by atoms with Crippen LogP contribution >= 0.6 is 0 Å². The Morgan fingerprint density at radius 1 is 1.08 bits per heavy atom. The van der Waals surface area contributed by atoms with E-state index in [0.717, 1.165) is 12.2 Å². The maximum atomic E-state index is 12.2. The summed E-state index contributed by atoms with van der Waals surface area (Å²) in [5, 5.41) is 2.93. The highest BCUT2D eigenvalue weighted by molar-refractivity contribution is 5.80. The van der Waals surface area contributed by atoms with Crippen LogP contribution in [0.15, 0.2) is 54.6 Å². The predicted octanol–water partition coefficient (Wildman–Crippen LogP) is 4.00. The zero-order chi connectivity index (χ0) is 19.2. The third-order valence-electron chi connectivity index (χ3n) is 4.35. The molecule has 1 N–H and O–H groups in total. The summed E-state index contributed by atoms with van der Waals surface area (Å²) >= 11 is 0. The van der Waals surface area contributed by atoms with Gasteiger partial charge in [-0.15, -0.1) is 0 Å². The summed E-state index contributed by atoms with van der Waals surface area (Å²) in [6.07, 6.45) is -0.530. The minimum Gasteiger partial charge on any atom is -0.481 e. The van der Waals surface area contributed by atoms with Crippen molar-refractivity contribution in [1.82, 2.24) is 5.32 Å². The molecule has 2 aromatic carbocycles. The van der Waals surface area contributed by atoms with Gasteiger partial charge in [0.1, 0.15) is 5.75 Å². The van der Waals surface area contributed by atoms with E-state index in [2.05, 4.69) is 55.3 Å². The van der Waals surface area contributed by atoms with Crippen LogP contribution in [-0.2, 0) is 10.2 Å². The fourth-order valence-electron chi connectivity index (χ4n) is 2.59. The molecule has 0 spiro atoms. The first-order chi connectivity index (χ1) is 12.3. The van der Waals surface area contributed by atoms with Gasteiger partial charge in [-0.05, 0) is 42.2 Å². The Kier molecular flexibility index (Phi) is 6.67. The van der Waals surface area contributed by atoms with Crippen molar-refractivity contribution in [3.05, 3.63) is 60.2 Å². The molecule has 0 aliphatic heterocycles. The lowest BCUT2D eigenvalue weighted by atomic mass is 9.87. The molecule has 4 heteroatoms. The van der Waals surface area contributed by atoms with E-state index < -0.39 is 6.10 Å². The molecular weight excluding hydrogens is 324 g/mol. The van der Waals surface area contributed by atoms with Gasteiger partial charge >= 0.3 is 0 Å². The van der Waals surface area contributed by atoms with Gasteiger partial charge in [-0.2, -0.15) is 0 Å². The molecule has 0 aliphatic rings. The molecule has 0 saturated heterocycles. The number of nitrogens with one attached hydrogen (secondary N) is 1. The number of para-hydroxylation sites is 1. The molecule has 0 radical (unpaired) electrons. The number of ether oxygens (including phenoxy) is 1. The third kappa shape index (κ3) is 5.80. The van der Waals surface area contributed by atoms with Crippen LogP contribution in [0.2, 0.25) is 0 Å². The molecule has 0 aliphatic carbocycles. The Labute approximate surface area is 157 Å². The topological polar surface area (TPSA) is 41.6 Å². The highest BCUT2D eigenvalue weighted by Crippen LogP contribution is 2.24. The number of likely N-dealkylation sites (N-methyl/N-ethyl adjacent to an activating group) is 1. The second-order valence-corrected chi connectivity index (χ2v) is 7.58. The number of hydrogen-bond donors (Lipinski definition) is 1. The molecule has 26 heavy (non-hydrogen) atoms. The number of carbonyl (C=O) groups is 1. The monoisotopic (exact) mass is 354 g/mol. The van der Waals surface area contributed by atoms with Crippen molar-refractivity contribution in [2.24, 2.45) is 0 Å². The Balaban J connectivity index is 1.78. The van der Waals surface area contributed by atoms with Crippen molar-refractivity contribution in [2.75, 3.05) is 25.0 Å². The molecule has 0 fully saturated rings. The van der Waals surface area contributed by atoms with E-state index in [1.165, 1.54) is 5.56 Å². The van der Waals surface area contributed by atoms with Crippen molar-refractivity contribution in [3.63, 3.8) is 0 Å². The van der Waals surface area contributed by atoms with E-state index in [1.807, 2.05) is 37.4 Å². The van der Waals surface area contributed by atoms with Gasteiger partial charge in [-0.3, -0.25) is 4.79 Å². The molecule has 0 heterocycles.